The first-order chi connectivity index (χ1) is 13.9. The average molecular weight is 423 g/mol. The average Bonchev–Trinajstić information content (AvgIpc) is 3.29. The van der Waals surface area contributed by atoms with E-state index < -0.39 is 0 Å². The van der Waals surface area contributed by atoms with Gasteiger partial charge in [0.15, 0.2) is 5.13 Å². The van der Waals surface area contributed by atoms with Crippen LogP contribution < -0.4 is 5.32 Å². The number of furan rings is 1. The Morgan fingerprint density at radius 1 is 1.10 bits per heavy atom. The highest BCUT2D eigenvalue weighted by Gasteiger charge is 2.09. The zero-order valence-electron chi connectivity index (χ0n) is 16.2. The molecule has 1 N–H and O–H groups in total. The van der Waals surface area contributed by atoms with Crippen molar-refractivity contribution in [2.45, 2.75) is 20.8 Å². The lowest BCUT2D eigenvalue weighted by molar-refractivity contribution is -0.111. The summed E-state index contributed by atoms with van der Waals surface area (Å²) in [6.07, 6.45) is 3.08. The second-order valence-electron chi connectivity index (χ2n) is 6.94. The Labute approximate surface area is 177 Å². The Morgan fingerprint density at radius 3 is 2.72 bits per heavy atom. The molecule has 4 aromatic rings. The Balaban J connectivity index is 1.47. The van der Waals surface area contributed by atoms with Crippen molar-refractivity contribution in [3.8, 4) is 11.3 Å². The number of anilines is 1. The van der Waals surface area contributed by atoms with E-state index in [1.165, 1.54) is 23.0 Å². The van der Waals surface area contributed by atoms with Gasteiger partial charge >= 0.3 is 0 Å². The van der Waals surface area contributed by atoms with E-state index in [-0.39, 0.29) is 5.91 Å². The molecule has 2 aromatic heterocycles. The summed E-state index contributed by atoms with van der Waals surface area (Å²) < 4.78 is 6.87. The predicted octanol–water partition coefficient (Wildman–Crippen LogP) is 6.79. The number of halogens is 1. The number of hydrogen-bond acceptors (Lipinski definition) is 4. The van der Waals surface area contributed by atoms with E-state index in [2.05, 4.69) is 29.4 Å². The summed E-state index contributed by atoms with van der Waals surface area (Å²) in [6.45, 7) is 6.03. The molecule has 146 valence electrons. The van der Waals surface area contributed by atoms with Crippen LogP contribution in [0.25, 0.3) is 27.6 Å². The van der Waals surface area contributed by atoms with Crippen molar-refractivity contribution < 1.29 is 9.21 Å². The van der Waals surface area contributed by atoms with E-state index in [4.69, 9.17) is 16.0 Å². The largest absolute Gasteiger partial charge is 0.457 e. The number of carbonyl (C=O) groups is 1. The monoisotopic (exact) mass is 422 g/mol. The SMILES string of the molecule is Cc1cc(C)c2nc(NC(=O)/C=C/c3ccc(-c4ccc(C)c(Cl)c4)o3)sc2c1. The van der Waals surface area contributed by atoms with E-state index in [1.807, 2.05) is 44.2 Å². The van der Waals surface area contributed by atoms with Gasteiger partial charge in [-0.1, -0.05) is 41.1 Å². The minimum Gasteiger partial charge on any atom is -0.457 e. The van der Waals surface area contributed by atoms with Crippen LogP contribution in [0.3, 0.4) is 0 Å². The molecule has 0 bridgehead atoms. The van der Waals surface area contributed by atoms with Crippen LogP contribution in [0.1, 0.15) is 22.5 Å². The second-order valence-corrected chi connectivity index (χ2v) is 8.37. The van der Waals surface area contributed by atoms with Crippen LogP contribution in [-0.2, 0) is 4.79 Å². The topological polar surface area (TPSA) is 55.1 Å². The molecule has 0 spiro atoms. The van der Waals surface area contributed by atoms with E-state index in [0.717, 1.165) is 26.9 Å². The third-order valence-electron chi connectivity index (χ3n) is 4.54. The zero-order chi connectivity index (χ0) is 20.5. The number of thiazole rings is 1. The third-order valence-corrected chi connectivity index (χ3v) is 5.87. The Morgan fingerprint density at radius 2 is 1.93 bits per heavy atom. The third kappa shape index (κ3) is 4.26. The molecular weight excluding hydrogens is 404 g/mol. The summed E-state index contributed by atoms with van der Waals surface area (Å²) in [4.78, 5) is 16.8. The summed E-state index contributed by atoms with van der Waals surface area (Å²) in [6, 6.07) is 13.6. The van der Waals surface area contributed by atoms with Gasteiger partial charge in [-0.15, -0.1) is 0 Å². The number of hydrogen-bond donors (Lipinski definition) is 1. The lowest BCUT2D eigenvalue weighted by atomic mass is 10.1. The van der Waals surface area contributed by atoms with Gasteiger partial charge in [0.2, 0.25) is 5.91 Å². The van der Waals surface area contributed by atoms with E-state index in [1.54, 1.807) is 6.08 Å². The summed E-state index contributed by atoms with van der Waals surface area (Å²) in [7, 11) is 0. The molecule has 2 heterocycles. The Bertz CT molecular complexity index is 1250. The van der Waals surface area contributed by atoms with Crippen molar-refractivity contribution in [1.82, 2.24) is 4.98 Å². The highest BCUT2D eigenvalue weighted by atomic mass is 35.5. The first-order valence-electron chi connectivity index (χ1n) is 9.12. The maximum atomic E-state index is 12.3. The molecule has 0 unspecified atom stereocenters. The van der Waals surface area contributed by atoms with Crippen LogP contribution in [0.5, 0.6) is 0 Å². The molecule has 0 atom stereocenters. The van der Waals surface area contributed by atoms with Gasteiger partial charge in [0.05, 0.1) is 10.2 Å². The maximum absolute atomic E-state index is 12.3. The van der Waals surface area contributed by atoms with Crippen LogP contribution in [0.4, 0.5) is 5.13 Å². The highest BCUT2D eigenvalue weighted by molar-refractivity contribution is 7.22. The molecule has 0 aliphatic heterocycles. The van der Waals surface area contributed by atoms with Crippen LogP contribution in [0.2, 0.25) is 5.02 Å². The molecule has 0 fully saturated rings. The lowest BCUT2D eigenvalue weighted by Crippen LogP contribution is -2.07. The van der Waals surface area contributed by atoms with Crippen molar-refractivity contribution in [2.24, 2.45) is 0 Å². The van der Waals surface area contributed by atoms with Crippen molar-refractivity contribution in [1.29, 1.82) is 0 Å². The zero-order valence-corrected chi connectivity index (χ0v) is 17.8. The van der Waals surface area contributed by atoms with Gasteiger partial charge in [0, 0.05) is 16.7 Å². The standard InChI is InChI=1S/C23H19ClN2O2S/c1-13-10-15(3)22-20(11-13)29-23(26-22)25-21(27)9-7-17-6-8-19(28-17)16-5-4-14(2)18(24)12-16/h4-12H,1-3H3,(H,25,26,27)/b9-7+. The van der Waals surface area contributed by atoms with E-state index in [9.17, 15) is 4.79 Å². The van der Waals surface area contributed by atoms with E-state index in [0.29, 0.717) is 21.7 Å². The Kier molecular flexibility index (Phi) is 5.26. The molecule has 29 heavy (non-hydrogen) atoms. The number of nitrogens with zero attached hydrogens (tertiary/aromatic N) is 1. The van der Waals surface area contributed by atoms with Crippen molar-refractivity contribution in [2.75, 3.05) is 5.32 Å². The summed E-state index contributed by atoms with van der Waals surface area (Å²) in [5.74, 6) is 1.03. The van der Waals surface area contributed by atoms with Gasteiger partial charge in [-0.05, 0) is 67.8 Å². The van der Waals surface area contributed by atoms with Crippen molar-refractivity contribution in [3.05, 3.63) is 76.0 Å². The van der Waals surface area contributed by atoms with Crippen LogP contribution in [0, 0.1) is 20.8 Å². The number of nitrogens with one attached hydrogen (secondary N) is 1. The molecule has 0 aliphatic rings. The van der Waals surface area contributed by atoms with Crippen LogP contribution >= 0.6 is 22.9 Å². The fraction of sp³-hybridized carbons (Fsp3) is 0.130. The molecule has 0 saturated heterocycles. The van der Waals surface area contributed by atoms with Gasteiger partial charge in [-0.3, -0.25) is 10.1 Å². The summed E-state index contributed by atoms with van der Waals surface area (Å²) in [5.41, 5.74) is 5.11. The molecule has 1 amide bonds. The van der Waals surface area contributed by atoms with Gasteiger partial charge in [0.25, 0.3) is 0 Å². The molecule has 0 aliphatic carbocycles. The Hall–Kier alpha value is -2.89. The summed E-state index contributed by atoms with van der Waals surface area (Å²) >= 11 is 7.65. The predicted molar refractivity (Wildman–Crippen MR) is 121 cm³/mol. The van der Waals surface area contributed by atoms with Crippen molar-refractivity contribution >= 4 is 50.3 Å². The van der Waals surface area contributed by atoms with Gasteiger partial charge in [-0.2, -0.15) is 0 Å². The van der Waals surface area contributed by atoms with E-state index >= 15 is 0 Å². The van der Waals surface area contributed by atoms with Gasteiger partial charge < -0.3 is 4.42 Å². The van der Waals surface area contributed by atoms with Crippen LogP contribution in [0.15, 0.2) is 53.0 Å². The first-order valence-corrected chi connectivity index (χ1v) is 10.3. The number of rotatable bonds is 4. The normalized spacial score (nSPS) is 11.4. The fourth-order valence-corrected chi connectivity index (χ4v) is 4.30. The van der Waals surface area contributed by atoms with Crippen LogP contribution in [-0.4, -0.2) is 10.9 Å². The summed E-state index contributed by atoms with van der Waals surface area (Å²) in [5, 5.41) is 4.10. The lowest BCUT2D eigenvalue weighted by Gasteiger charge is -2.00. The maximum Gasteiger partial charge on any atom is 0.250 e. The molecule has 2 aromatic carbocycles. The number of benzene rings is 2. The number of carbonyl (C=O) groups excluding carboxylic acids is 1. The number of amides is 1. The minimum atomic E-state index is -0.255. The number of aryl methyl sites for hydroxylation is 3. The minimum absolute atomic E-state index is 0.255. The number of aromatic nitrogens is 1. The van der Waals surface area contributed by atoms with Gasteiger partial charge in [0.1, 0.15) is 11.5 Å². The second kappa shape index (κ2) is 7.85. The number of fused-ring (bicyclic) bond motifs is 1. The molecule has 4 nitrogen and oxygen atoms in total. The molecule has 6 heteroatoms. The first kappa shape index (κ1) is 19.4. The highest BCUT2D eigenvalue weighted by Crippen LogP contribution is 2.30. The van der Waals surface area contributed by atoms with Crippen molar-refractivity contribution in [3.63, 3.8) is 0 Å². The van der Waals surface area contributed by atoms with Gasteiger partial charge in [-0.25, -0.2) is 4.98 Å². The molecule has 0 saturated carbocycles. The molecule has 0 radical (unpaired) electrons. The fourth-order valence-electron chi connectivity index (χ4n) is 3.07. The quantitative estimate of drug-likeness (QED) is 0.368. The smallest absolute Gasteiger partial charge is 0.250 e. The molecule has 4 rings (SSSR count). The molecular formula is C23H19ClN2O2S.